The lowest BCUT2D eigenvalue weighted by molar-refractivity contribution is -0.274. The van der Waals surface area contributed by atoms with Crippen molar-refractivity contribution in [2.75, 3.05) is 43.1 Å². The summed E-state index contributed by atoms with van der Waals surface area (Å²) < 4.78 is 48.4. The number of anilines is 2. The van der Waals surface area contributed by atoms with Crippen LogP contribution in [0.1, 0.15) is 17.7 Å². The zero-order chi connectivity index (χ0) is 25.9. The first-order valence-corrected chi connectivity index (χ1v) is 11.3. The number of aromatic nitrogens is 2. The molecule has 0 radical (unpaired) electrons. The third-order valence-corrected chi connectivity index (χ3v) is 6.20. The van der Waals surface area contributed by atoms with E-state index >= 15 is 0 Å². The Hall–Kier alpha value is -4.01. The zero-order valence-corrected chi connectivity index (χ0v) is 19.7. The smallest absolute Gasteiger partial charge is 0.467 e. The Labute approximate surface area is 206 Å². The minimum Gasteiger partial charge on any atom is -0.467 e. The lowest BCUT2D eigenvalue weighted by Crippen LogP contribution is -2.55. The molecule has 0 spiro atoms. The van der Waals surface area contributed by atoms with E-state index in [1.807, 2.05) is 4.90 Å². The number of nitriles is 1. The molecule has 2 aliphatic rings. The van der Waals surface area contributed by atoms with Gasteiger partial charge in [0.25, 0.3) is 0 Å². The van der Waals surface area contributed by atoms with E-state index in [-0.39, 0.29) is 36.7 Å². The quantitative estimate of drug-likeness (QED) is 0.557. The number of piperazine rings is 1. The van der Waals surface area contributed by atoms with Gasteiger partial charge in [0, 0.05) is 31.7 Å². The fourth-order valence-corrected chi connectivity index (χ4v) is 4.61. The number of ether oxygens (including phenoxy) is 2. The monoisotopic (exact) mass is 502 g/mol. The number of carbonyl (C=O) groups excluding carboxylic acids is 1. The largest absolute Gasteiger partial charge is 0.573 e. The van der Waals surface area contributed by atoms with Crippen molar-refractivity contribution in [3.63, 3.8) is 0 Å². The van der Waals surface area contributed by atoms with Crippen molar-refractivity contribution in [1.29, 1.82) is 5.26 Å². The van der Waals surface area contributed by atoms with Gasteiger partial charge in [-0.15, -0.1) is 13.2 Å². The van der Waals surface area contributed by atoms with E-state index in [2.05, 4.69) is 27.4 Å². The number of rotatable bonds is 6. The average Bonchev–Trinajstić information content (AvgIpc) is 2.86. The van der Waals surface area contributed by atoms with Crippen LogP contribution in [0.25, 0.3) is 0 Å². The van der Waals surface area contributed by atoms with Crippen LogP contribution in [0.3, 0.4) is 0 Å². The maximum atomic E-state index is 12.9. The van der Waals surface area contributed by atoms with Crippen LogP contribution in [0.4, 0.5) is 24.7 Å². The van der Waals surface area contributed by atoms with Crippen LogP contribution >= 0.6 is 0 Å². The van der Waals surface area contributed by atoms with Crippen molar-refractivity contribution in [2.24, 2.45) is 0 Å². The summed E-state index contributed by atoms with van der Waals surface area (Å²) in [6.07, 6.45) is -2.93. The molecule has 1 fully saturated rings. The maximum absolute atomic E-state index is 12.9. The summed E-state index contributed by atoms with van der Waals surface area (Å²) in [6, 6.07) is 7.93. The van der Waals surface area contributed by atoms with Gasteiger partial charge in [0.1, 0.15) is 5.82 Å². The third-order valence-electron chi connectivity index (χ3n) is 6.20. The van der Waals surface area contributed by atoms with Crippen LogP contribution in [0.2, 0.25) is 0 Å². The van der Waals surface area contributed by atoms with Crippen molar-refractivity contribution in [3.05, 3.63) is 48.2 Å². The number of para-hydroxylation sites is 2. The standard InChI is InChI=1S/C24H25F3N6O3/c1-3-21(34)33-13-12-32(14-16(33)8-10-28)22-17-9-11-31(15-18(17)29-23(30-22)35-2)19-6-4-5-7-20(19)36-24(25,26)27/h3-7,16H,1,8-9,11-15H2,2H3. The van der Waals surface area contributed by atoms with Crippen LogP contribution in [-0.4, -0.2) is 66.5 Å². The van der Waals surface area contributed by atoms with Gasteiger partial charge in [-0.05, 0) is 24.6 Å². The fraction of sp³-hybridized carbons (Fsp3) is 0.417. The summed E-state index contributed by atoms with van der Waals surface area (Å²) in [4.78, 5) is 26.7. The summed E-state index contributed by atoms with van der Waals surface area (Å²) >= 11 is 0. The number of hydrogen-bond donors (Lipinski definition) is 0. The van der Waals surface area contributed by atoms with Crippen LogP contribution < -0.4 is 19.3 Å². The van der Waals surface area contributed by atoms with Gasteiger partial charge >= 0.3 is 12.4 Å². The van der Waals surface area contributed by atoms with Crippen LogP contribution in [0.15, 0.2) is 36.9 Å². The van der Waals surface area contributed by atoms with Crippen LogP contribution in [0, 0.1) is 11.3 Å². The molecule has 1 amide bonds. The summed E-state index contributed by atoms with van der Waals surface area (Å²) in [7, 11) is 1.44. The summed E-state index contributed by atoms with van der Waals surface area (Å²) in [6.45, 7) is 5.47. The number of halogens is 3. The van der Waals surface area contributed by atoms with Crippen LogP contribution in [0.5, 0.6) is 11.8 Å². The molecule has 190 valence electrons. The summed E-state index contributed by atoms with van der Waals surface area (Å²) in [5.74, 6) is 0.134. The SMILES string of the molecule is C=CC(=O)N1CCN(c2nc(OC)nc3c2CCN(c2ccccc2OC(F)(F)F)C3)CC1CC#N. The number of benzene rings is 1. The van der Waals surface area contributed by atoms with E-state index in [0.29, 0.717) is 49.8 Å². The number of amides is 1. The third kappa shape index (κ3) is 5.30. The molecule has 36 heavy (non-hydrogen) atoms. The van der Waals surface area contributed by atoms with Gasteiger partial charge in [0.15, 0.2) is 5.75 Å². The number of carbonyl (C=O) groups is 1. The van der Waals surface area contributed by atoms with Crippen LogP contribution in [-0.2, 0) is 17.8 Å². The lowest BCUT2D eigenvalue weighted by Gasteiger charge is -2.42. The number of alkyl halides is 3. The van der Waals surface area contributed by atoms with Crippen molar-refractivity contribution >= 4 is 17.4 Å². The second-order valence-corrected chi connectivity index (χ2v) is 8.34. The Balaban J connectivity index is 1.64. The molecule has 0 N–H and O–H groups in total. The Kier molecular flexibility index (Phi) is 7.19. The van der Waals surface area contributed by atoms with Crippen molar-refractivity contribution in [2.45, 2.75) is 31.8 Å². The van der Waals surface area contributed by atoms with Crippen molar-refractivity contribution in [1.82, 2.24) is 14.9 Å². The van der Waals surface area contributed by atoms with Crippen molar-refractivity contribution in [3.8, 4) is 17.8 Å². The van der Waals surface area contributed by atoms with E-state index in [0.717, 1.165) is 5.56 Å². The summed E-state index contributed by atoms with van der Waals surface area (Å²) in [5.41, 5.74) is 1.80. The van der Waals surface area contributed by atoms with E-state index in [4.69, 9.17) is 4.74 Å². The molecule has 1 aromatic carbocycles. The van der Waals surface area contributed by atoms with E-state index in [9.17, 15) is 23.2 Å². The Morgan fingerprint density at radius 1 is 1.25 bits per heavy atom. The van der Waals surface area contributed by atoms with E-state index in [1.54, 1.807) is 21.9 Å². The highest BCUT2D eigenvalue weighted by molar-refractivity contribution is 5.87. The average molecular weight is 502 g/mol. The molecule has 1 aromatic heterocycles. The topological polar surface area (TPSA) is 94.8 Å². The molecular weight excluding hydrogens is 477 g/mol. The Bertz CT molecular complexity index is 1180. The van der Waals surface area contributed by atoms with E-state index < -0.39 is 6.36 Å². The van der Waals surface area contributed by atoms with Gasteiger partial charge in [-0.3, -0.25) is 4.79 Å². The maximum Gasteiger partial charge on any atom is 0.573 e. The number of nitrogens with zero attached hydrogens (tertiary/aromatic N) is 6. The van der Waals surface area contributed by atoms with E-state index in [1.165, 1.54) is 25.3 Å². The lowest BCUT2D eigenvalue weighted by atomic mass is 10.0. The summed E-state index contributed by atoms with van der Waals surface area (Å²) in [5, 5.41) is 9.29. The first-order chi connectivity index (χ1) is 17.2. The molecule has 4 rings (SSSR count). The number of fused-ring (bicyclic) bond motifs is 1. The van der Waals surface area contributed by atoms with Gasteiger partial charge in [0.2, 0.25) is 5.91 Å². The molecule has 1 unspecified atom stereocenters. The Morgan fingerprint density at radius 2 is 2.03 bits per heavy atom. The van der Waals surface area contributed by atoms with Gasteiger partial charge in [-0.1, -0.05) is 18.7 Å². The second-order valence-electron chi connectivity index (χ2n) is 8.34. The Morgan fingerprint density at radius 3 is 2.72 bits per heavy atom. The number of hydrogen-bond acceptors (Lipinski definition) is 8. The molecule has 1 atom stereocenters. The normalized spacial score (nSPS) is 17.8. The molecular formula is C24H25F3N6O3. The first-order valence-electron chi connectivity index (χ1n) is 11.3. The van der Waals surface area contributed by atoms with Gasteiger partial charge in [-0.2, -0.15) is 15.2 Å². The minimum absolute atomic E-state index is 0.131. The molecule has 0 saturated carbocycles. The second kappa shape index (κ2) is 10.3. The van der Waals surface area contributed by atoms with Gasteiger partial charge in [-0.25, -0.2) is 0 Å². The zero-order valence-electron chi connectivity index (χ0n) is 19.7. The number of methoxy groups -OCH3 is 1. The fourth-order valence-electron chi connectivity index (χ4n) is 4.61. The molecule has 1 saturated heterocycles. The molecule has 0 bridgehead atoms. The molecule has 9 nitrogen and oxygen atoms in total. The molecule has 0 aliphatic carbocycles. The highest BCUT2D eigenvalue weighted by atomic mass is 19.4. The van der Waals surface area contributed by atoms with Gasteiger partial charge in [0.05, 0.1) is 43.6 Å². The highest BCUT2D eigenvalue weighted by Gasteiger charge is 2.35. The molecule has 2 aliphatic heterocycles. The highest BCUT2D eigenvalue weighted by Crippen LogP contribution is 2.37. The molecule has 12 heteroatoms. The molecule has 3 heterocycles. The molecule has 2 aromatic rings. The van der Waals surface area contributed by atoms with Crippen molar-refractivity contribution < 1.29 is 27.4 Å². The minimum atomic E-state index is -4.81. The first kappa shape index (κ1) is 25.1. The van der Waals surface area contributed by atoms with Gasteiger partial charge < -0.3 is 24.2 Å². The predicted molar refractivity (Wildman–Crippen MR) is 125 cm³/mol. The predicted octanol–water partition coefficient (Wildman–Crippen LogP) is 3.06.